The van der Waals surface area contributed by atoms with Crippen LogP contribution >= 0.6 is 11.3 Å². The van der Waals surface area contributed by atoms with Crippen molar-refractivity contribution in [1.82, 2.24) is 0 Å². The summed E-state index contributed by atoms with van der Waals surface area (Å²) in [5, 5.41) is 5.42. The smallest absolute Gasteiger partial charge is 0.151 e. The third-order valence-corrected chi connectivity index (χ3v) is 2.87. The van der Waals surface area contributed by atoms with Crippen LogP contribution in [0.1, 0.15) is 10.4 Å². The quantitative estimate of drug-likeness (QED) is 0.540. The minimum absolute atomic E-state index is 0.399. The summed E-state index contributed by atoms with van der Waals surface area (Å²) in [6.45, 7) is 0. The molecule has 13 heavy (non-hydrogen) atoms. The van der Waals surface area contributed by atoms with E-state index < -0.39 is 0 Å². The number of thiophene rings is 1. The van der Waals surface area contributed by atoms with Crippen LogP contribution in [-0.2, 0) is 0 Å². The first-order chi connectivity index (χ1) is 6.36. The molecule has 0 N–H and O–H groups in total. The molecule has 0 unspecified atom stereocenters. The summed E-state index contributed by atoms with van der Waals surface area (Å²) in [6.07, 6.45) is 0.785. The van der Waals surface area contributed by atoms with Crippen LogP contribution in [0.25, 0.3) is 10.1 Å². The van der Waals surface area contributed by atoms with Crippen LogP contribution in [0.3, 0.4) is 0 Å². The van der Waals surface area contributed by atoms with E-state index in [0.717, 1.165) is 16.4 Å². The topological polar surface area (TPSA) is 46.5 Å². The summed E-state index contributed by atoms with van der Waals surface area (Å²) < 4.78 is 0.777. The third kappa shape index (κ3) is 1.15. The first-order valence-corrected chi connectivity index (χ1v) is 4.53. The minimum atomic E-state index is 0.399. The predicted molar refractivity (Wildman–Crippen MR) is 52.7 cm³/mol. The van der Waals surface area contributed by atoms with E-state index in [2.05, 4.69) is 5.18 Å². The van der Waals surface area contributed by atoms with Gasteiger partial charge in [0, 0.05) is 16.3 Å². The fraction of sp³-hybridized carbons (Fsp3) is 0. The van der Waals surface area contributed by atoms with Crippen molar-refractivity contribution in [2.24, 2.45) is 5.18 Å². The molecular weight excluding hydrogens is 186 g/mol. The Bertz CT molecular complexity index is 475. The number of fused-ring (bicyclic) bond motifs is 1. The molecule has 2 aromatic rings. The Morgan fingerprint density at radius 1 is 1.38 bits per heavy atom. The maximum atomic E-state index is 10.6. The van der Waals surface area contributed by atoms with Gasteiger partial charge < -0.3 is 0 Å². The molecule has 0 aliphatic rings. The molecule has 0 saturated heterocycles. The molecule has 0 bridgehead atoms. The maximum absolute atomic E-state index is 10.6. The highest BCUT2D eigenvalue weighted by atomic mass is 32.1. The summed E-state index contributed by atoms with van der Waals surface area (Å²) in [7, 11) is 0. The fourth-order valence-electron chi connectivity index (χ4n) is 1.23. The van der Waals surface area contributed by atoms with Crippen LogP contribution in [0.2, 0.25) is 0 Å². The summed E-state index contributed by atoms with van der Waals surface area (Å²) in [4.78, 5) is 21.0. The number of nitrogens with zero attached hydrogens (tertiary/aromatic N) is 1. The van der Waals surface area contributed by atoms with E-state index in [4.69, 9.17) is 0 Å². The van der Waals surface area contributed by atoms with Crippen LogP contribution < -0.4 is 0 Å². The van der Waals surface area contributed by atoms with E-state index in [9.17, 15) is 9.70 Å². The summed E-state index contributed by atoms with van der Waals surface area (Å²) >= 11 is 1.36. The van der Waals surface area contributed by atoms with E-state index >= 15 is 0 Å². The van der Waals surface area contributed by atoms with Crippen molar-refractivity contribution < 1.29 is 4.79 Å². The lowest BCUT2D eigenvalue weighted by atomic mass is 10.2. The molecule has 1 aromatic carbocycles. The molecular formula is C9H5NO2S. The van der Waals surface area contributed by atoms with Gasteiger partial charge in [0.1, 0.15) is 5.69 Å². The van der Waals surface area contributed by atoms with Crippen LogP contribution in [0, 0.1) is 4.91 Å². The number of carbonyl (C=O) groups excluding carboxylic acids is 1. The zero-order chi connectivity index (χ0) is 9.26. The highest BCUT2D eigenvalue weighted by molar-refractivity contribution is 7.18. The third-order valence-electron chi connectivity index (χ3n) is 1.83. The van der Waals surface area contributed by atoms with Crippen LogP contribution in [-0.4, -0.2) is 6.29 Å². The zero-order valence-electron chi connectivity index (χ0n) is 6.56. The van der Waals surface area contributed by atoms with E-state index in [0.29, 0.717) is 11.3 Å². The van der Waals surface area contributed by atoms with Crippen molar-refractivity contribution in [3.05, 3.63) is 34.0 Å². The monoisotopic (exact) mass is 191 g/mol. The SMILES string of the molecule is O=Cc1csc2c(N=O)cccc12. The van der Waals surface area contributed by atoms with Crippen molar-refractivity contribution in [3.63, 3.8) is 0 Å². The van der Waals surface area contributed by atoms with Crippen molar-refractivity contribution in [2.45, 2.75) is 0 Å². The largest absolute Gasteiger partial charge is 0.298 e. The molecule has 1 aromatic heterocycles. The molecule has 3 nitrogen and oxygen atoms in total. The van der Waals surface area contributed by atoms with E-state index in [1.807, 2.05) is 6.07 Å². The number of carbonyl (C=O) groups is 1. The first-order valence-electron chi connectivity index (χ1n) is 3.65. The molecule has 0 aliphatic heterocycles. The lowest BCUT2D eigenvalue weighted by Gasteiger charge is -1.91. The highest BCUT2D eigenvalue weighted by Gasteiger charge is 2.06. The van der Waals surface area contributed by atoms with Gasteiger partial charge in [-0.25, -0.2) is 0 Å². The molecule has 2 rings (SSSR count). The Balaban J connectivity index is 2.86. The molecule has 0 fully saturated rings. The number of aldehydes is 1. The molecule has 0 atom stereocenters. The number of hydrogen-bond acceptors (Lipinski definition) is 4. The Morgan fingerprint density at radius 2 is 2.23 bits per heavy atom. The van der Waals surface area contributed by atoms with E-state index in [-0.39, 0.29) is 0 Å². The second-order valence-electron chi connectivity index (χ2n) is 2.55. The van der Waals surface area contributed by atoms with Gasteiger partial charge in [0.05, 0.1) is 4.70 Å². The summed E-state index contributed by atoms with van der Waals surface area (Å²) in [5.41, 5.74) is 1.01. The van der Waals surface area contributed by atoms with E-state index in [1.54, 1.807) is 17.5 Å². The Kier molecular flexibility index (Phi) is 1.90. The zero-order valence-corrected chi connectivity index (χ0v) is 7.38. The molecule has 0 amide bonds. The average Bonchev–Trinajstić information content (AvgIpc) is 2.60. The van der Waals surface area contributed by atoms with Crippen LogP contribution in [0.4, 0.5) is 5.69 Å². The van der Waals surface area contributed by atoms with Gasteiger partial charge in [-0.1, -0.05) is 12.1 Å². The Hall–Kier alpha value is -1.55. The second-order valence-corrected chi connectivity index (χ2v) is 3.43. The van der Waals surface area contributed by atoms with E-state index in [1.165, 1.54) is 11.3 Å². The van der Waals surface area contributed by atoms with Crippen molar-refractivity contribution >= 4 is 33.4 Å². The molecule has 0 aliphatic carbocycles. The second kappa shape index (κ2) is 3.06. The summed E-state index contributed by atoms with van der Waals surface area (Å²) in [6, 6.07) is 5.17. The molecule has 0 spiro atoms. The maximum Gasteiger partial charge on any atom is 0.151 e. The lowest BCUT2D eigenvalue weighted by molar-refractivity contribution is 0.112. The minimum Gasteiger partial charge on any atom is -0.298 e. The Labute approximate surface area is 78.0 Å². The molecule has 0 saturated carbocycles. The van der Waals surface area contributed by atoms with Gasteiger partial charge in [-0.3, -0.25) is 4.79 Å². The van der Waals surface area contributed by atoms with Crippen molar-refractivity contribution in [2.75, 3.05) is 0 Å². The van der Waals surface area contributed by atoms with Crippen LogP contribution in [0.5, 0.6) is 0 Å². The fourth-order valence-corrected chi connectivity index (χ4v) is 2.19. The van der Waals surface area contributed by atoms with Gasteiger partial charge in [-0.05, 0) is 11.2 Å². The first kappa shape index (κ1) is 8.07. The van der Waals surface area contributed by atoms with Gasteiger partial charge in [-0.2, -0.15) is 0 Å². The van der Waals surface area contributed by atoms with Gasteiger partial charge in [-0.15, -0.1) is 16.2 Å². The highest BCUT2D eigenvalue weighted by Crippen LogP contribution is 2.32. The molecule has 1 heterocycles. The number of rotatable bonds is 2. The van der Waals surface area contributed by atoms with Crippen molar-refractivity contribution in [1.29, 1.82) is 0 Å². The van der Waals surface area contributed by atoms with Gasteiger partial charge in [0.25, 0.3) is 0 Å². The van der Waals surface area contributed by atoms with Gasteiger partial charge in [0.15, 0.2) is 6.29 Å². The number of nitroso groups, excluding NO2 is 1. The standard InChI is InChI=1S/C9H5NO2S/c11-4-6-5-13-9-7(6)2-1-3-8(9)10-12/h1-5H. The lowest BCUT2D eigenvalue weighted by Crippen LogP contribution is -1.73. The number of benzene rings is 1. The van der Waals surface area contributed by atoms with Crippen LogP contribution in [0.15, 0.2) is 28.8 Å². The van der Waals surface area contributed by atoms with Gasteiger partial charge >= 0.3 is 0 Å². The van der Waals surface area contributed by atoms with Gasteiger partial charge in [0.2, 0.25) is 0 Å². The Morgan fingerprint density at radius 3 is 2.92 bits per heavy atom. The normalized spacial score (nSPS) is 10.2. The molecule has 64 valence electrons. The molecule has 4 heteroatoms. The predicted octanol–water partition coefficient (Wildman–Crippen LogP) is 3.11. The molecule has 0 radical (unpaired) electrons. The number of hydrogen-bond donors (Lipinski definition) is 0. The van der Waals surface area contributed by atoms with Crippen molar-refractivity contribution in [3.8, 4) is 0 Å². The average molecular weight is 191 g/mol. The summed E-state index contributed by atoms with van der Waals surface area (Å²) in [5.74, 6) is 0.